The zero-order chi connectivity index (χ0) is 25.6. The number of amides is 3. The third kappa shape index (κ3) is 8.63. The number of ketones is 2. The molecule has 1 aliphatic heterocycles. The second kappa shape index (κ2) is 11.4. The van der Waals surface area contributed by atoms with Crippen LogP contribution in [0.4, 0.5) is 4.79 Å². The van der Waals surface area contributed by atoms with Gasteiger partial charge in [-0.25, -0.2) is 4.79 Å². The Balaban J connectivity index is 3.04. The number of Topliss-reactive ketones (excluding diaryl/α,β-unsaturated/α-hetero) is 2. The van der Waals surface area contributed by atoms with Gasteiger partial charge in [0.25, 0.3) is 5.91 Å². The van der Waals surface area contributed by atoms with Crippen molar-refractivity contribution in [3.63, 3.8) is 0 Å². The highest BCUT2D eigenvalue weighted by molar-refractivity contribution is 6.36. The fraction of sp³-hybridized carbons (Fsp3) is 0.708. The fourth-order valence-corrected chi connectivity index (χ4v) is 3.83. The Kier molecular flexibility index (Phi) is 9.81. The molecule has 1 aliphatic rings. The monoisotopic (exact) mass is 465 g/mol. The predicted octanol–water partition coefficient (Wildman–Crippen LogP) is 2.51. The number of rotatable bonds is 10. The number of ether oxygens (including phenoxy) is 1. The maximum atomic E-state index is 13.5. The summed E-state index contributed by atoms with van der Waals surface area (Å²) in [4.78, 5) is 64.0. The summed E-state index contributed by atoms with van der Waals surface area (Å²) in [6, 6.07) is -1.64. The van der Waals surface area contributed by atoms with Crippen molar-refractivity contribution in [2.75, 3.05) is 6.54 Å². The van der Waals surface area contributed by atoms with E-state index in [1.54, 1.807) is 26.8 Å². The van der Waals surface area contributed by atoms with Gasteiger partial charge in [0.2, 0.25) is 11.7 Å². The summed E-state index contributed by atoms with van der Waals surface area (Å²) in [5, 5.41) is 2.66. The Morgan fingerprint density at radius 1 is 1.15 bits per heavy atom. The van der Waals surface area contributed by atoms with Crippen LogP contribution in [0.3, 0.4) is 0 Å². The third-order valence-corrected chi connectivity index (χ3v) is 5.46. The highest BCUT2D eigenvalue weighted by Crippen LogP contribution is 2.28. The van der Waals surface area contributed by atoms with E-state index in [-0.39, 0.29) is 24.5 Å². The summed E-state index contributed by atoms with van der Waals surface area (Å²) < 4.78 is 5.31. The predicted molar refractivity (Wildman–Crippen MR) is 124 cm³/mol. The van der Waals surface area contributed by atoms with E-state index in [9.17, 15) is 24.0 Å². The first-order chi connectivity index (χ1) is 15.1. The van der Waals surface area contributed by atoms with E-state index in [0.29, 0.717) is 25.8 Å². The van der Waals surface area contributed by atoms with E-state index in [4.69, 9.17) is 10.5 Å². The van der Waals surface area contributed by atoms with E-state index < -0.39 is 46.8 Å². The standard InChI is InChI=1S/C24H39N3O6/c1-8-9-11-15(18(29)20(25)30)14-17(28)16-12-10-13-27(16)21(31)19(23(2,3)4)26-22(32)33-24(5,6)7/h8,15-16,19H,1,9-14H2,2-7H3,(H2,25,30)(H,26,32)/t15?,16-,19?/m0/s1. The van der Waals surface area contributed by atoms with Gasteiger partial charge in [-0.15, -0.1) is 6.58 Å². The molecule has 9 nitrogen and oxygen atoms in total. The van der Waals surface area contributed by atoms with Gasteiger partial charge in [-0.2, -0.15) is 0 Å². The number of nitrogens with zero attached hydrogens (tertiary/aromatic N) is 1. The van der Waals surface area contributed by atoms with Crippen LogP contribution in [0, 0.1) is 11.3 Å². The molecule has 2 unspecified atom stereocenters. The molecule has 3 atom stereocenters. The molecule has 0 aromatic heterocycles. The van der Waals surface area contributed by atoms with Gasteiger partial charge in [0.1, 0.15) is 11.6 Å². The fourth-order valence-electron chi connectivity index (χ4n) is 3.83. The minimum Gasteiger partial charge on any atom is -0.444 e. The van der Waals surface area contributed by atoms with Gasteiger partial charge in [0.15, 0.2) is 5.78 Å². The number of carbonyl (C=O) groups is 5. The van der Waals surface area contributed by atoms with Crippen LogP contribution >= 0.6 is 0 Å². The van der Waals surface area contributed by atoms with Gasteiger partial charge >= 0.3 is 6.09 Å². The lowest BCUT2D eigenvalue weighted by atomic mass is 9.85. The molecule has 0 bridgehead atoms. The van der Waals surface area contributed by atoms with Crippen LogP contribution < -0.4 is 11.1 Å². The maximum Gasteiger partial charge on any atom is 0.408 e. The Morgan fingerprint density at radius 2 is 1.76 bits per heavy atom. The lowest BCUT2D eigenvalue weighted by molar-refractivity contribution is -0.143. The largest absolute Gasteiger partial charge is 0.444 e. The first-order valence-electron chi connectivity index (χ1n) is 11.4. The van der Waals surface area contributed by atoms with Crippen LogP contribution in [-0.4, -0.2) is 58.6 Å². The number of nitrogens with two attached hydrogens (primary N) is 1. The molecule has 3 N–H and O–H groups in total. The number of allylic oxidation sites excluding steroid dienone is 1. The minimum absolute atomic E-state index is 0.177. The number of likely N-dealkylation sites (tertiary alicyclic amines) is 1. The van der Waals surface area contributed by atoms with Gasteiger partial charge in [-0.3, -0.25) is 19.2 Å². The normalized spacial score (nSPS) is 18.2. The molecular weight excluding hydrogens is 426 g/mol. The molecule has 0 saturated carbocycles. The Labute approximate surface area is 196 Å². The van der Waals surface area contributed by atoms with Gasteiger partial charge in [-0.1, -0.05) is 26.8 Å². The van der Waals surface area contributed by atoms with E-state index in [1.165, 1.54) is 4.90 Å². The molecule has 0 radical (unpaired) electrons. The molecule has 1 rings (SSSR count). The molecule has 3 amide bonds. The summed E-state index contributed by atoms with van der Waals surface area (Å²) in [5.74, 6) is -3.39. The van der Waals surface area contributed by atoms with Crippen LogP contribution in [0.15, 0.2) is 12.7 Å². The van der Waals surface area contributed by atoms with Crippen LogP contribution in [0.25, 0.3) is 0 Å². The summed E-state index contributed by atoms with van der Waals surface area (Å²) in [7, 11) is 0. The number of carbonyl (C=O) groups excluding carboxylic acids is 5. The minimum atomic E-state index is -1.08. The highest BCUT2D eigenvalue weighted by Gasteiger charge is 2.43. The molecule has 0 aromatic carbocycles. The van der Waals surface area contributed by atoms with E-state index in [1.807, 2.05) is 20.8 Å². The average molecular weight is 466 g/mol. The summed E-state index contributed by atoms with van der Waals surface area (Å²) >= 11 is 0. The smallest absolute Gasteiger partial charge is 0.408 e. The molecule has 0 aromatic rings. The highest BCUT2D eigenvalue weighted by atomic mass is 16.6. The van der Waals surface area contributed by atoms with E-state index in [0.717, 1.165) is 0 Å². The first-order valence-corrected chi connectivity index (χ1v) is 11.4. The zero-order valence-electron chi connectivity index (χ0n) is 20.7. The Bertz CT molecular complexity index is 778. The van der Waals surface area contributed by atoms with Crippen LogP contribution in [0.2, 0.25) is 0 Å². The molecule has 186 valence electrons. The van der Waals surface area contributed by atoms with E-state index >= 15 is 0 Å². The van der Waals surface area contributed by atoms with Gasteiger partial charge in [0.05, 0.1) is 6.04 Å². The van der Waals surface area contributed by atoms with Gasteiger partial charge in [0, 0.05) is 18.9 Å². The third-order valence-electron chi connectivity index (χ3n) is 5.46. The Morgan fingerprint density at radius 3 is 2.24 bits per heavy atom. The number of primary amides is 1. The summed E-state index contributed by atoms with van der Waals surface area (Å²) in [6.07, 6.45) is 2.52. The molecule has 1 saturated heterocycles. The quantitative estimate of drug-likeness (QED) is 0.376. The van der Waals surface area contributed by atoms with Crippen molar-refractivity contribution in [2.45, 2.75) is 91.3 Å². The van der Waals surface area contributed by atoms with Gasteiger partial charge in [-0.05, 0) is 51.9 Å². The first kappa shape index (κ1) is 28.3. The number of hydrogen-bond donors (Lipinski definition) is 2. The number of nitrogens with one attached hydrogen (secondary N) is 1. The average Bonchev–Trinajstić information content (AvgIpc) is 3.15. The van der Waals surface area contributed by atoms with Crippen LogP contribution in [0.5, 0.6) is 0 Å². The molecule has 1 fully saturated rings. The topological polar surface area (TPSA) is 136 Å². The van der Waals surface area contributed by atoms with Crippen molar-refractivity contribution < 1.29 is 28.7 Å². The molecular formula is C24H39N3O6. The number of alkyl carbamates (subject to hydrolysis) is 1. The molecule has 0 aliphatic carbocycles. The SMILES string of the molecule is C=CCCC(CC(=O)[C@@H]1CCCN1C(=O)C(NC(=O)OC(C)(C)C)C(C)(C)C)C(=O)C(N)=O. The lowest BCUT2D eigenvalue weighted by Gasteiger charge is -2.36. The van der Waals surface area contributed by atoms with Crippen LogP contribution in [0.1, 0.15) is 73.6 Å². The molecule has 9 heteroatoms. The second-order valence-corrected chi connectivity index (χ2v) is 10.6. The molecule has 0 spiro atoms. The molecule has 1 heterocycles. The maximum absolute atomic E-state index is 13.5. The van der Waals surface area contributed by atoms with Crippen molar-refractivity contribution in [1.29, 1.82) is 0 Å². The Hall–Kier alpha value is -2.71. The van der Waals surface area contributed by atoms with Gasteiger partial charge < -0.3 is 20.7 Å². The van der Waals surface area contributed by atoms with Crippen molar-refractivity contribution in [3.05, 3.63) is 12.7 Å². The van der Waals surface area contributed by atoms with Crippen molar-refractivity contribution in [2.24, 2.45) is 17.1 Å². The molecule has 33 heavy (non-hydrogen) atoms. The zero-order valence-corrected chi connectivity index (χ0v) is 20.7. The van der Waals surface area contributed by atoms with Crippen molar-refractivity contribution in [3.8, 4) is 0 Å². The van der Waals surface area contributed by atoms with Crippen LogP contribution in [-0.2, 0) is 23.9 Å². The summed E-state index contributed by atoms with van der Waals surface area (Å²) in [6.45, 7) is 14.6. The second-order valence-electron chi connectivity index (χ2n) is 10.6. The van der Waals surface area contributed by atoms with Crippen molar-refractivity contribution >= 4 is 29.5 Å². The number of hydrogen-bond acceptors (Lipinski definition) is 6. The van der Waals surface area contributed by atoms with Crippen molar-refractivity contribution in [1.82, 2.24) is 10.2 Å². The van der Waals surface area contributed by atoms with E-state index in [2.05, 4.69) is 11.9 Å². The lowest BCUT2D eigenvalue weighted by Crippen LogP contribution is -2.57. The summed E-state index contributed by atoms with van der Waals surface area (Å²) in [5.41, 5.74) is 3.78.